The zero-order valence-electron chi connectivity index (χ0n) is 2.80. The molecule has 0 saturated carbocycles. The molecule has 0 aliphatic carbocycles. The standard InChI is InChI=1S/Ag.Al.HI.H2O4S.3H/c;;;1-5(2,3)4;;;/h;;1H;(H2,1,2,3,4);;;/q+1;;;;;;/p-1. The summed E-state index contributed by atoms with van der Waals surface area (Å²) in [6.45, 7) is 0. The smallest absolute Gasteiger partial charge is 0.187 e. The van der Waals surface area contributed by atoms with Crippen LogP contribution in [0.25, 0.3) is 0 Å². The fraction of sp³-hybridized carbons (Fsp3) is 0. The van der Waals surface area contributed by atoms with Gasteiger partial charge in [0.2, 0.25) is 0 Å². The number of rotatable bonds is 0. The normalized spacial score (nSPS) is 8.12. The first-order valence-electron chi connectivity index (χ1n) is 0.812. The van der Waals surface area contributed by atoms with Gasteiger partial charge in [-0.15, -0.1) is 0 Å². The molecule has 0 aliphatic heterocycles. The molecule has 0 rings (SSSR count). The van der Waals surface area contributed by atoms with Gasteiger partial charge in [-0.3, -0.25) is 9.11 Å². The van der Waals surface area contributed by atoms with Gasteiger partial charge in [0.25, 0.3) is 0 Å². The molecule has 0 aromatic rings. The molecule has 8 heavy (non-hydrogen) atoms. The van der Waals surface area contributed by atoms with Crippen LogP contribution in [0.15, 0.2) is 0 Å². The van der Waals surface area contributed by atoms with Gasteiger partial charge >= 0.3 is 46.7 Å². The van der Waals surface area contributed by atoms with Crippen LogP contribution in [0, 0.1) is 0 Å². The van der Waals surface area contributed by atoms with Crippen LogP contribution in [0.2, 0.25) is 0 Å². The Balaban J connectivity index is -0.0000000750. The average Bonchev–Trinajstić information content (AvgIpc) is 1.36. The summed E-state index contributed by atoms with van der Waals surface area (Å²) in [7, 11) is -4.67. The van der Waals surface area contributed by atoms with Gasteiger partial charge in [-0.2, -0.15) is 8.42 Å². The first kappa shape index (κ1) is 16.5. The van der Waals surface area contributed by atoms with Crippen LogP contribution in [0.4, 0.5) is 0 Å². The molecule has 0 aromatic heterocycles. The fourth-order valence-electron chi connectivity index (χ4n) is 0. The van der Waals surface area contributed by atoms with E-state index >= 15 is 0 Å². The summed E-state index contributed by atoms with van der Waals surface area (Å²) in [5.41, 5.74) is 0. The van der Waals surface area contributed by atoms with E-state index in [1.807, 2.05) is 19.0 Å². The minimum atomic E-state index is -4.67. The predicted octanol–water partition coefficient (Wildman–Crippen LogP) is -0.953. The van der Waals surface area contributed by atoms with Gasteiger partial charge in [0.1, 0.15) is 0 Å². The molecule has 0 heterocycles. The van der Waals surface area contributed by atoms with Crippen LogP contribution in [-0.4, -0.2) is 34.9 Å². The maximum Gasteiger partial charge on any atom is 0.187 e. The molecular formula is H5AgAlIO4S. The first-order chi connectivity index (χ1) is 3.00. The molecule has 4 nitrogen and oxygen atoms in total. The van der Waals surface area contributed by atoms with Gasteiger partial charge in [-0.1, -0.05) is 0 Å². The molecule has 0 fully saturated rings. The molecule has 0 saturated heterocycles. The van der Waals surface area contributed by atoms with Crippen LogP contribution >= 0.6 is 19.0 Å². The molecule has 0 aliphatic rings. The monoisotopic (exact) mass is 362 g/mol. The van der Waals surface area contributed by atoms with Crippen molar-refractivity contribution in [3.8, 4) is 0 Å². The zero-order chi connectivity index (χ0) is 6.50. The Labute approximate surface area is 80.6 Å². The Morgan fingerprint density at radius 3 is 1.25 bits per heavy atom. The molecule has 0 bridgehead atoms. The molecule has 0 radical (unpaired) electrons. The Hall–Kier alpha value is 1.87. The minimum Gasteiger partial charge on any atom is 0.187 e. The quantitative estimate of drug-likeness (QED) is 0.331. The van der Waals surface area contributed by atoms with E-state index in [-0.39, 0.29) is 17.4 Å². The van der Waals surface area contributed by atoms with Gasteiger partial charge in [0.05, 0.1) is 0 Å². The summed E-state index contributed by atoms with van der Waals surface area (Å²) in [5, 5.41) is 0. The third kappa shape index (κ3) is 106. The topological polar surface area (TPSA) is 74.6 Å². The molecule has 0 unspecified atom stereocenters. The van der Waals surface area contributed by atoms with Crippen LogP contribution in [0.3, 0.4) is 0 Å². The Morgan fingerprint density at radius 1 is 1.25 bits per heavy atom. The summed E-state index contributed by atoms with van der Waals surface area (Å²) in [4.78, 5) is 0. The minimum absolute atomic E-state index is 0. The van der Waals surface area contributed by atoms with Crippen molar-refractivity contribution in [3.05, 3.63) is 0 Å². The summed E-state index contributed by atoms with van der Waals surface area (Å²) < 4.78 is 31.6. The molecule has 8 heteroatoms. The van der Waals surface area contributed by atoms with E-state index < -0.39 is 10.4 Å². The SMILES string of the molecule is O=S(=O)(O)O.[Ag][I].[AlH3]. The van der Waals surface area contributed by atoms with E-state index in [1.165, 1.54) is 0 Å². The van der Waals surface area contributed by atoms with Crippen LogP contribution in [-0.2, 0) is 27.7 Å². The van der Waals surface area contributed by atoms with Crippen molar-refractivity contribution in [2.45, 2.75) is 0 Å². The predicted molar refractivity (Wildman–Crippen MR) is 38.1 cm³/mol. The van der Waals surface area contributed by atoms with E-state index in [0.29, 0.717) is 0 Å². The summed E-state index contributed by atoms with van der Waals surface area (Å²) >= 11 is 4.88. The average molecular weight is 363 g/mol. The van der Waals surface area contributed by atoms with Crippen LogP contribution in [0.1, 0.15) is 0 Å². The van der Waals surface area contributed by atoms with E-state index in [1.54, 1.807) is 0 Å². The summed E-state index contributed by atoms with van der Waals surface area (Å²) in [6, 6.07) is 0. The number of hydrogen-bond donors (Lipinski definition) is 2. The zero-order valence-corrected chi connectivity index (χ0v) is 7.25. The number of hydrogen-bond acceptors (Lipinski definition) is 2. The third-order valence-electron chi connectivity index (χ3n) is 0. The summed E-state index contributed by atoms with van der Waals surface area (Å²) in [5.74, 6) is 0. The maximum absolute atomic E-state index is 8.74. The first-order valence-corrected chi connectivity index (χ1v) is 6.62. The van der Waals surface area contributed by atoms with Gasteiger partial charge < -0.3 is 0 Å². The van der Waals surface area contributed by atoms with Crippen molar-refractivity contribution in [3.63, 3.8) is 0 Å². The van der Waals surface area contributed by atoms with Crippen molar-refractivity contribution < 1.29 is 34.8 Å². The summed E-state index contributed by atoms with van der Waals surface area (Å²) in [6.07, 6.45) is 0. The molecule has 2 N–H and O–H groups in total. The van der Waals surface area contributed by atoms with Gasteiger partial charge in [-0.25, -0.2) is 0 Å². The van der Waals surface area contributed by atoms with Crippen molar-refractivity contribution in [2.75, 3.05) is 0 Å². The molecular weight excluding hydrogens is 358 g/mol. The largest absolute Gasteiger partial charge is 0.187 e. The Morgan fingerprint density at radius 2 is 1.25 bits per heavy atom. The molecule has 0 atom stereocenters. The van der Waals surface area contributed by atoms with Crippen LogP contribution in [0.5, 0.6) is 0 Å². The molecule has 0 amide bonds. The maximum atomic E-state index is 8.74. The van der Waals surface area contributed by atoms with Gasteiger partial charge in [0.15, 0.2) is 17.4 Å². The van der Waals surface area contributed by atoms with Gasteiger partial charge in [0, 0.05) is 0 Å². The van der Waals surface area contributed by atoms with E-state index in [2.05, 4.69) is 17.3 Å². The molecule has 0 aromatic carbocycles. The second-order valence-corrected chi connectivity index (χ2v) is 1.34. The van der Waals surface area contributed by atoms with E-state index in [9.17, 15) is 0 Å². The third-order valence-corrected chi connectivity index (χ3v) is 0. The van der Waals surface area contributed by atoms with Crippen LogP contribution < -0.4 is 0 Å². The molecule has 0 spiro atoms. The van der Waals surface area contributed by atoms with Crippen molar-refractivity contribution >= 4 is 46.8 Å². The Bertz CT molecular complexity index is 99.2. The van der Waals surface area contributed by atoms with Gasteiger partial charge in [-0.05, 0) is 0 Å². The van der Waals surface area contributed by atoms with Crippen molar-refractivity contribution in [1.29, 1.82) is 0 Å². The van der Waals surface area contributed by atoms with E-state index in [4.69, 9.17) is 17.5 Å². The van der Waals surface area contributed by atoms with E-state index in [0.717, 1.165) is 0 Å². The fourth-order valence-corrected chi connectivity index (χ4v) is 0. The van der Waals surface area contributed by atoms with Crippen molar-refractivity contribution in [2.24, 2.45) is 0 Å². The number of halogens is 1. The second kappa shape index (κ2) is 8.87. The second-order valence-electron chi connectivity index (χ2n) is 0.448. The molecule has 56 valence electrons. The Kier molecular flexibility index (Phi) is 18.2. The van der Waals surface area contributed by atoms with Crippen molar-refractivity contribution in [1.82, 2.24) is 0 Å².